The first-order chi connectivity index (χ1) is 6.63. The average molecular weight is 199 g/mol. The minimum atomic E-state index is -0.627. The Morgan fingerprint density at radius 1 is 1.43 bits per heavy atom. The molecule has 0 unspecified atom stereocenters. The second-order valence-corrected chi connectivity index (χ2v) is 3.51. The number of methoxy groups -OCH3 is 1. The molecule has 1 aliphatic carbocycles. The van der Waals surface area contributed by atoms with Crippen LogP contribution in [0.25, 0.3) is 0 Å². The Balaban J connectivity index is 2.46. The van der Waals surface area contributed by atoms with Gasteiger partial charge in [0.2, 0.25) is 0 Å². The molecule has 1 saturated carbocycles. The molecule has 1 fully saturated rings. The van der Waals surface area contributed by atoms with Crippen molar-refractivity contribution < 1.29 is 13.5 Å². The Morgan fingerprint density at radius 3 is 2.57 bits per heavy atom. The minimum absolute atomic E-state index is 0.0226. The molecule has 0 heterocycles. The van der Waals surface area contributed by atoms with Gasteiger partial charge in [0.05, 0.1) is 7.11 Å². The van der Waals surface area contributed by atoms with Crippen LogP contribution in [0, 0.1) is 11.6 Å². The van der Waals surface area contributed by atoms with E-state index in [9.17, 15) is 8.78 Å². The van der Waals surface area contributed by atoms with Crippen LogP contribution >= 0.6 is 0 Å². The smallest absolute Gasteiger partial charge is 0.133 e. The molecule has 0 saturated heterocycles. The second kappa shape index (κ2) is 3.20. The molecule has 14 heavy (non-hydrogen) atoms. The van der Waals surface area contributed by atoms with Crippen molar-refractivity contribution in [2.45, 2.75) is 18.4 Å². The van der Waals surface area contributed by atoms with Crippen LogP contribution in [0.5, 0.6) is 5.75 Å². The van der Waals surface area contributed by atoms with E-state index in [4.69, 9.17) is 10.5 Å². The van der Waals surface area contributed by atoms with Crippen LogP contribution in [-0.2, 0) is 0 Å². The summed E-state index contributed by atoms with van der Waals surface area (Å²) >= 11 is 0. The zero-order valence-corrected chi connectivity index (χ0v) is 7.76. The molecule has 2 rings (SSSR count). The average Bonchev–Trinajstić information content (AvgIpc) is 2.80. The highest BCUT2D eigenvalue weighted by molar-refractivity contribution is 5.42. The standard InChI is InChI=1S/C10H11F2NO/c1-14-9-3-5(11)2-7(12)10(9)6-4-8(6)13/h2-3,6,8H,4,13H2,1H3/t6-,8-/m1/s1. The van der Waals surface area contributed by atoms with E-state index in [0.717, 1.165) is 12.5 Å². The van der Waals surface area contributed by atoms with Crippen molar-refractivity contribution in [2.75, 3.05) is 7.11 Å². The van der Waals surface area contributed by atoms with Gasteiger partial charge >= 0.3 is 0 Å². The third-order valence-corrected chi connectivity index (χ3v) is 2.49. The number of hydrogen-bond acceptors (Lipinski definition) is 2. The molecule has 0 bridgehead atoms. The largest absolute Gasteiger partial charge is 0.496 e. The van der Waals surface area contributed by atoms with Crippen molar-refractivity contribution in [3.05, 3.63) is 29.3 Å². The van der Waals surface area contributed by atoms with Crippen LogP contribution in [-0.4, -0.2) is 13.2 Å². The number of hydrogen-bond donors (Lipinski definition) is 1. The number of benzene rings is 1. The molecule has 0 radical (unpaired) electrons. The first-order valence-corrected chi connectivity index (χ1v) is 4.42. The molecule has 4 heteroatoms. The molecule has 2 nitrogen and oxygen atoms in total. The highest BCUT2D eigenvalue weighted by Gasteiger charge is 2.39. The third kappa shape index (κ3) is 1.46. The van der Waals surface area contributed by atoms with Crippen LogP contribution in [0.15, 0.2) is 12.1 Å². The fraction of sp³-hybridized carbons (Fsp3) is 0.400. The van der Waals surface area contributed by atoms with Gasteiger partial charge in [-0.2, -0.15) is 0 Å². The van der Waals surface area contributed by atoms with E-state index in [0.29, 0.717) is 5.56 Å². The molecule has 0 aliphatic heterocycles. The van der Waals surface area contributed by atoms with Gasteiger partial charge in [0.1, 0.15) is 17.4 Å². The van der Waals surface area contributed by atoms with E-state index in [-0.39, 0.29) is 17.7 Å². The lowest BCUT2D eigenvalue weighted by Gasteiger charge is -2.08. The highest BCUT2D eigenvalue weighted by Crippen LogP contribution is 2.44. The Kier molecular flexibility index (Phi) is 2.15. The van der Waals surface area contributed by atoms with Crippen molar-refractivity contribution in [1.29, 1.82) is 0 Å². The van der Waals surface area contributed by atoms with Crippen molar-refractivity contribution in [3.63, 3.8) is 0 Å². The summed E-state index contributed by atoms with van der Waals surface area (Å²) in [6.45, 7) is 0. The van der Waals surface area contributed by atoms with Crippen LogP contribution in [0.4, 0.5) is 8.78 Å². The summed E-state index contributed by atoms with van der Waals surface area (Å²) in [5.74, 6) is -0.969. The van der Waals surface area contributed by atoms with Gasteiger partial charge in [-0.1, -0.05) is 0 Å². The zero-order chi connectivity index (χ0) is 10.3. The normalized spacial score (nSPS) is 24.9. The lowest BCUT2D eigenvalue weighted by Crippen LogP contribution is -2.04. The fourth-order valence-electron chi connectivity index (χ4n) is 1.64. The van der Waals surface area contributed by atoms with Gasteiger partial charge in [0, 0.05) is 29.7 Å². The van der Waals surface area contributed by atoms with E-state index in [1.165, 1.54) is 13.2 Å². The maximum atomic E-state index is 13.4. The van der Waals surface area contributed by atoms with E-state index in [1.54, 1.807) is 0 Å². The first-order valence-electron chi connectivity index (χ1n) is 4.42. The Hall–Kier alpha value is -1.16. The quantitative estimate of drug-likeness (QED) is 0.788. The second-order valence-electron chi connectivity index (χ2n) is 3.51. The van der Waals surface area contributed by atoms with Gasteiger partial charge < -0.3 is 10.5 Å². The van der Waals surface area contributed by atoms with Crippen LogP contribution in [0.2, 0.25) is 0 Å². The summed E-state index contributed by atoms with van der Waals surface area (Å²) in [5.41, 5.74) is 6.02. The van der Waals surface area contributed by atoms with Gasteiger partial charge in [-0.25, -0.2) is 8.78 Å². The first kappa shape index (κ1) is 9.40. The Bertz CT molecular complexity index is 367. The molecule has 0 spiro atoms. The SMILES string of the molecule is COc1cc(F)cc(F)c1[C@@H]1C[C@H]1N. The number of ether oxygens (including phenoxy) is 1. The molecular weight excluding hydrogens is 188 g/mol. The van der Waals surface area contributed by atoms with E-state index < -0.39 is 11.6 Å². The van der Waals surface area contributed by atoms with Crippen molar-refractivity contribution in [3.8, 4) is 5.75 Å². The summed E-state index contributed by atoms with van der Waals surface area (Å²) in [5, 5.41) is 0. The number of halogens is 2. The van der Waals surface area contributed by atoms with Crippen LogP contribution in [0.1, 0.15) is 17.9 Å². The Morgan fingerprint density at radius 2 is 2.07 bits per heavy atom. The zero-order valence-electron chi connectivity index (χ0n) is 7.76. The summed E-state index contributed by atoms with van der Waals surface area (Å²) < 4.78 is 31.1. The Labute approximate surface area is 80.7 Å². The summed E-state index contributed by atoms with van der Waals surface area (Å²) in [7, 11) is 1.39. The molecule has 1 aromatic carbocycles. The van der Waals surface area contributed by atoms with Crippen molar-refractivity contribution in [2.24, 2.45) is 5.73 Å². The van der Waals surface area contributed by atoms with Gasteiger partial charge in [-0.15, -0.1) is 0 Å². The van der Waals surface area contributed by atoms with Gasteiger partial charge in [0.15, 0.2) is 0 Å². The molecule has 0 amide bonds. The lowest BCUT2D eigenvalue weighted by atomic mass is 10.1. The molecule has 2 N–H and O–H groups in total. The highest BCUT2D eigenvalue weighted by atomic mass is 19.1. The molecule has 76 valence electrons. The van der Waals surface area contributed by atoms with Gasteiger partial charge in [-0.05, 0) is 6.42 Å². The maximum Gasteiger partial charge on any atom is 0.133 e. The predicted molar refractivity (Wildman–Crippen MR) is 48.2 cm³/mol. The summed E-state index contributed by atoms with van der Waals surface area (Å²) in [6.07, 6.45) is 0.735. The van der Waals surface area contributed by atoms with E-state index in [1.807, 2.05) is 0 Å². The van der Waals surface area contributed by atoms with Gasteiger partial charge in [0.25, 0.3) is 0 Å². The topological polar surface area (TPSA) is 35.2 Å². The molecule has 2 atom stereocenters. The van der Waals surface area contributed by atoms with E-state index >= 15 is 0 Å². The van der Waals surface area contributed by atoms with Crippen molar-refractivity contribution >= 4 is 0 Å². The number of nitrogens with two attached hydrogens (primary N) is 1. The van der Waals surface area contributed by atoms with Crippen molar-refractivity contribution in [1.82, 2.24) is 0 Å². The summed E-state index contributed by atoms with van der Waals surface area (Å²) in [4.78, 5) is 0. The predicted octanol–water partition coefficient (Wildman–Crippen LogP) is 1.79. The van der Waals surface area contributed by atoms with E-state index in [2.05, 4.69) is 0 Å². The monoisotopic (exact) mass is 199 g/mol. The molecular formula is C10H11F2NO. The van der Waals surface area contributed by atoms with Crippen LogP contribution < -0.4 is 10.5 Å². The van der Waals surface area contributed by atoms with Crippen LogP contribution in [0.3, 0.4) is 0 Å². The third-order valence-electron chi connectivity index (χ3n) is 2.49. The molecule has 0 aromatic heterocycles. The number of rotatable bonds is 2. The molecule has 1 aromatic rings. The maximum absolute atomic E-state index is 13.4. The lowest BCUT2D eigenvalue weighted by molar-refractivity contribution is 0.399. The van der Waals surface area contributed by atoms with Gasteiger partial charge in [-0.3, -0.25) is 0 Å². The summed E-state index contributed by atoms with van der Waals surface area (Å²) in [6, 6.07) is 2.02. The molecule has 1 aliphatic rings. The minimum Gasteiger partial charge on any atom is -0.496 e. The fourth-order valence-corrected chi connectivity index (χ4v) is 1.64.